The maximum absolute atomic E-state index is 15.2. The fraction of sp³-hybridized carbons (Fsp3) is 0.250. The van der Waals surface area contributed by atoms with Crippen molar-refractivity contribution < 1.29 is 22.7 Å². The van der Waals surface area contributed by atoms with E-state index in [1.165, 1.54) is 21.4 Å². The maximum Gasteiger partial charge on any atom is 0.290 e. The van der Waals surface area contributed by atoms with E-state index in [0.29, 0.717) is 51.3 Å². The molecule has 0 fully saturated rings. The third-order valence-corrected chi connectivity index (χ3v) is 8.08. The molecule has 0 bridgehead atoms. The lowest BCUT2D eigenvalue weighted by molar-refractivity contribution is -0.122. The molecule has 38 heavy (non-hydrogen) atoms. The van der Waals surface area contributed by atoms with Crippen LogP contribution in [0.25, 0.3) is 21.9 Å². The molecule has 14 heteroatoms. The fourth-order valence-corrected chi connectivity index (χ4v) is 5.51. The Kier molecular flexibility index (Phi) is 7.20. The zero-order chi connectivity index (χ0) is 27.8. The van der Waals surface area contributed by atoms with Gasteiger partial charge in [0.2, 0.25) is 10.0 Å². The van der Waals surface area contributed by atoms with Crippen molar-refractivity contribution >= 4 is 50.3 Å². The minimum atomic E-state index is -3.45. The number of fused-ring (bicyclic) bond motifs is 2. The van der Waals surface area contributed by atoms with Gasteiger partial charge in [-0.1, -0.05) is 6.92 Å². The van der Waals surface area contributed by atoms with Gasteiger partial charge in [0.25, 0.3) is 6.47 Å². The number of nitrogens with one attached hydrogen (secondary N) is 1. The van der Waals surface area contributed by atoms with Crippen molar-refractivity contribution in [1.82, 2.24) is 24.1 Å². The largest absolute Gasteiger partial charge is 0.483 e. The number of sulfonamides is 1. The first-order chi connectivity index (χ1) is 18.0. The Bertz CT molecular complexity index is 1640. The highest BCUT2D eigenvalue weighted by Gasteiger charge is 2.29. The van der Waals surface area contributed by atoms with Gasteiger partial charge in [0.15, 0.2) is 17.5 Å². The van der Waals surface area contributed by atoms with Crippen LogP contribution >= 0.6 is 0 Å². The lowest BCUT2D eigenvalue weighted by Crippen LogP contribution is -2.29. The summed E-state index contributed by atoms with van der Waals surface area (Å²) in [5, 5.41) is 15.6. The first kappa shape index (κ1) is 26.8. The van der Waals surface area contributed by atoms with Gasteiger partial charge >= 0.3 is 0 Å². The van der Waals surface area contributed by atoms with Crippen LogP contribution < -0.4 is 16.8 Å². The zero-order valence-electron chi connectivity index (χ0n) is 20.9. The summed E-state index contributed by atoms with van der Waals surface area (Å²) < 4.78 is 42.9. The molecule has 4 heterocycles. The topological polar surface area (TPSA) is 182 Å². The molecular formula is C24H27FN8O4S. The molecule has 5 rings (SSSR count). The van der Waals surface area contributed by atoms with Gasteiger partial charge < -0.3 is 21.9 Å². The van der Waals surface area contributed by atoms with Gasteiger partial charge in [0.1, 0.15) is 5.82 Å². The molecule has 1 aliphatic heterocycles. The standard InChI is InChI=1S/C23H25FN8O2S.CH2O2/c1-12-10-31(3)35(33,34)11-32-19(12)6-21(30-32)29-20-5-14-4-15(16-7-27-9-18(25)13(16)2)22(24)23(26)17(14)8-28-20;2-1-3/h4-9,12H,10-11,25-26H2,1-3H3,(H,28,29,30);1H,(H,2,3). The minimum absolute atomic E-state index is 0.0183. The molecule has 0 saturated carbocycles. The second kappa shape index (κ2) is 10.2. The molecule has 1 atom stereocenters. The van der Waals surface area contributed by atoms with Crippen molar-refractivity contribution in [3.63, 3.8) is 0 Å². The van der Waals surface area contributed by atoms with Gasteiger partial charge in [-0.2, -0.15) is 5.10 Å². The van der Waals surface area contributed by atoms with E-state index in [2.05, 4.69) is 20.4 Å². The van der Waals surface area contributed by atoms with E-state index in [0.717, 1.165) is 5.69 Å². The van der Waals surface area contributed by atoms with E-state index >= 15 is 4.39 Å². The van der Waals surface area contributed by atoms with Crippen LogP contribution in [0.5, 0.6) is 0 Å². The van der Waals surface area contributed by atoms with Crippen LogP contribution in [-0.2, 0) is 20.7 Å². The molecule has 3 aromatic heterocycles. The molecule has 12 nitrogen and oxygen atoms in total. The Morgan fingerprint density at radius 2 is 1.87 bits per heavy atom. The summed E-state index contributed by atoms with van der Waals surface area (Å²) in [4.78, 5) is 16.8. The fourth-order valence-electron chi connectivity index (χ4n) is 4.34. The lowest BCUT2D eigenvalue weighted by Gasteiger charge is -2.15. The third kappa shape index (κ3) is 4.95. The summed E-state index contributed by atoms with van der Waals surface area (Å²) in [5.41, 5.74) is 14.9. The Hall–Kier alpha value is -4.30. The maximum atomic E-state index is 15.2. The van der Waals surface area contributed by atoms with Crippen LogP contribution in [-0.4, -0.2) is 57.6 Å². The number of aromatic nitrogens is 4. The van der Waals surface area contributed by atoms with Crippen molar-refractivity contribution in [2.75, 3.05) is 30.4 Å². The number of anilines is 4. The molecule has 0 saturated heterocycles. The van der Waals surface area contributed by atoms with Crippen molar-refractivity contribution in [3.8, 4) is 11.1 Å². The Labute approximate surface area is 218 Å². The molecule has 1 aliphatic rings. The minimum Gasteiger partial charge on any atom is -0.483 e. The number of benzene rings is 1. The molecular weight excluding hydrogens is 515 g/mol. The molecule has 0 aliphatic carbocycles. The quantitative estimate of drug-likeness (QED) is 0.222. The lowest BCUT2D eigenvalue weighted by atomic mass is 9.97. The third-order valence-electron chi connectivity index (χ3n) is 6.41. The van der Waals surface area contributed by atoms with Crippen LogP contribution in [0.4, 0.5) is 27.4 Å². The second-order valence-electron chi connectivity index (χ2n) is 8.95. The van der Waals surface area contributed by atoms with Crippen molar-refractivity contribution in [1.29, 1.82) is 0 Å². The number of rotatable bonds is 3. The number of pyridine rings is 2. The average Bonchev–Trinajstić information content (AvgIpc) is 3.21. The summed E-state index contributed by atoms with van der Waals surface area (Å²) in [5.74, 6) is 0.0873. The monoisotopic (exact) mass is 542 g/mol. The molecule has 200 valence electrons. The molecule has 0 spiro atoms. The van der Waals surface area contributed by atoms with Crippen molar-refractivity contribution in [3.05, 3.63) is 53.9 Å². The van der Waals surface area contributed by atoms with Gasteiger partial charge in [0.05, 0.1) is 17.6 Å². The second-order valence-corrected chi connectivity index (χ2v) is 11.0. The SMILES string of the molecule is Cc1c(N)cncc1-c1cc2cc(Nc3cc4n(n3)CS(=O)(=O)N(C)CC4C)ncc2c(N)c1F.O=CO. The van der Waals surface area contributed by atoms with E-state index < -0.39 is 15.8 Å². The number of carbonyl (C=O) groups is 1. The number of nitrogens with zero attached hydrogens (tertiary/aromatic N) is 5. The van der Waals surface area contributed by atoms with Gasteiger partial charge in [-0.15, -0.1) is 0 Å². The molecule has 1 aromatic carbocycles. The highest BCUT2D eigenvalue weighted by molar-refractivity contribution is 7.88. The molecule has 0 amide bonds. The molecule has 1 unspecified atom stereocenters. The number of hydrogen-bond donors (Lipinski definition) is 4. The Morgan fingerprint density at radius 1 is 1.16 bits per heavy atom. The number of likely N-dealkylation sites (N-methyl/N-ethyl adjacent to an activating group) is 1. The van der Waals surface area contributed by atoms with Crippen LogP contribution in [0.1, 0.15) is 24.1 Å². The molecule has 0 radical (unpaired) electrons. The molecule has 6 N–H and O–H groups in total. The van der Waals surface area contributed by atoms with E-state index in [-0.39, 0.29) is 24.0 Å². The highest BCUT2D eigenvalue weighted by atomic mass is 32.2. The Balaban J connectivity index is 0.00000107. The van der Waals surface area contributed by atoms with Crippen LogP contribution in [0.2, 0.25) is 0 Å². The van der Waals surface area contributed by atoms with Crippen LogP contribution in [0.3, 0.4) is 0 Å². The molecule has 4 aromatic rings. The van der Waals surface area contributed by atoms with Gasteiger partial charge in [-0.25, -0.2) is 22.1 Å². The van der Waals surface area contributed by atoms with E-state index in [1.807, 2.05) is 13.0 Å². The number of nitrogens with two attached hydrogens (primary N) is 2. The first-order valence-corrected chi connectivity index (χ1v) is 13.0. The normalized spacial score (nSPS) is 16.7. The number of nitrogen functional groups attached to an aromatic ring is 2. The predicted octanol–water partition coefficient (Wildman–Crippen LogP) is 2.89. The smallest absolute Gasteiger partial charge is 0.290 e. The summed E-state index contributed by atoms with van der Waals surface area (Å²) >= 11 is 0. The van der Waals surface area contributed by atoms with Crippen molar-refractivity contribution in [2.45, 2.75) is 25.6 Å². The zero-order valence-corrected chi connectivity index (χ0v) is 21.7. The predicted molar refractivity (Wildman–Crippen MR) is 143 cm³/mol. The Morgan fingerprint density at radius 3 is 2.58 bits per heavy atom. The summed E-state index contributed by atoms with van der Waals surface area (Å²) in [7, 11) is -1.88. The summed E-state index contributed by atoms with van der Waals surface area (Å²) in [6.07, 6.45) is 4.57. The van der Waals surface area contributed by atoms with Gasteiger partial charge in [-0.3, -0.25) is 14.5 Å². The average molecular weight is 543 g/mol. The van der Waals surface area contributed by atoms with E-state index in [1.54, 1.807) is 32.3 Å². The van der Waals surface area contributed by atoms with Crippen LogP contribution in [0, 0.1) is 12.7 Å². The number of hydrogen-bond acceptors (Lipinski definition) is 9. The van der Waals surface area contributed by atoms with E-state index in [4.69, 9.17) is 21.4 Å². The summed E-state index contributed by atoms with van der Waals surface area (Å²) in [6.45, 7) is 3.87. The highest BCUT2D eigenvalue weighted by Crippen LogP contribution is 2.36. The summed E-state index contributed by atoms with van der Waals surface area (Å²) in [6, 6.07) is 5.24. The van der Waals surface area contributed by atoms with Gasteiger partial charge in [0, 0.05) is 60.2 Å². The van der Waals surface area contributed by atoms with Gasteiger partial charge in [-0.05, 0) is 30.0 Å². The number of carboxylic acid groups (broad SMARTS) is 1. The van der Waals surface area contributed by atoms with Crippen molar-refractivity contribution in [2.24, 2.45) is 0 Å². The first-order valence-electron chi connectivity index (χ1n) is 11.4. The van der Waals surface area contributed by atoms with E-state index in [9.17, 15) is 8.42 Å². The number of halogens is 1. The van der Waals surface area contributed by atoms with Crippen LogP contribution in [0.15, 0.2) is 36.8 Å².